The number of hydrogen-bond donors (Lipinski definition) is 1. The first-order chi connectivity index (χ1) is 8.74. The van der Waals surface area contributed by atoms with Crippen LogP contribution in [0.15, 0.2) is 16.7 Å². The SMILES string of the molecule is CCNC(Cc1nnn(C)n1)c1ccoc1CC. The van der Waals surface area contributed by atoms with Crippen molar-refractivity contribution in [3.05, 3.63) is 29.5 Å². The second kappa shape index (κ2) is 5.77. The molecule has 98 valence electrons. The number of hydrogen-bond acceptors (Lipinski definition) is 5. The summed E-state index contributed by atoms with van der Waals surface area (Å²) < 4.78 is 5.48. The summed E-state index contributed by atoms with van der Waals surface area (Å²) in [4.78, 5) is 1.48. The van der Waals surface area contributed by atoms with E-state index in [1.165, 1.54) is 10.4 Å². The summed E-state index contributed by atoms with van der Waals surface area (Å²) in [5.74, 6) is 1.76. The number of nitrogens with one attached hydrogen (secondary N) is 1. The predicted octanol–water partition coefficient (Wildman–Crippen LogP) is 1.26. The monoisotopic (exact) mass is 249 g/mol. The van der Waals surface area contributed by atoms with Gasteiger partial charge in [-0.3, -0.25) is 0 Å². The molecule has 0 bridgehead atoms. The van der Waals surface area contributed by atoms with Crippen LogP contribution in [0.3, 0.4) is 0 Å². The zero-order valence-corrected chi connectivity index (χ0v) is 11.1. The van der Waals surface area contributed by atoms with Gasteiger partial charge in [-0.25, -0.2) is 0 Å². The molecule has 0 amide bonds. The summed E-state index contributed by atoms with van der Waals surface area (Å²) in [6.07, 6.45) is 3.34. The molecule has 2 heterocycles. The van der Waals surface area contributed by atoms with Crippen molar-refractivity contribution in [2.45, 2.75) is 32.7 Å². The van der Waals surface area contributed by atoms with Crippen LogP contribution in [0.5, 0.6) is 0 Å². The van der Waals surface area contributed by atoms with E-state index in [1.807, 2.05) is 6.07 Å². The van der Waals surface area contributed by atoms with Gasteiger partial charge in [0, 0.05) is 24.4 Å². The zero-order chi connectivity index (χ0) is 13.0. The third-order valence-electron chi connectivity index (χ3n) is 2.86. The molecule has 1 N–H and O–H groups in total. The van der Waals surface area contributed by atoms with Crippen LogP contribution < -0.4 is 5.32 Å². The molecule has 0 radical (unpaired) electrons. The van der Waals surface area contributed by atoms with Gasteiger partial charge in [-0.2, -0.15) is 4.80 Å². The molecule has 0 fully saturated rings. The Balaban J connectivity index is 2.17. The predicted molar refractivity (Wildman–Crippen MR) is 67.0 cm³/mol. The van der Waals surface area contributed by atoms with Gasteiger partial charge < -0.3 is 9.73 Å². The van der Waals surface area contributed by atoms with Crippen molar-refractivity contribution in [3.63, 3.8) is 0 Å². The van der Waals surface area contributed by atoms with E-state index >= 15 is 0 Å². The maximum atomic E-state index is 5.48. The summed E-state index contributed by atoms with van der Waals surface area (Å²) in [6.45, 7) is 5.06. The van der Waals surface area contributed by atoms with Crippen LogP contribution in [0.2, 0.25) is 0 Å². The molecular weight excluding hydrogens is 230 g/mol. The third-order valence-corrected chi connectivity index (χ3v) is 2.86. The molecule has 6 nitrogen and oxygen atoms in total. The molecule has 2 aromatic heterocycles. The molecule has 1 atom stereocenters. The lowest BCUT2D eigenvalue weighted by Crippen LogP contribution is -2.24. The summed E-state index contributed by atoms with van der Waals surface area (Å²) in [7, 11) is 1.77. The minimum Gasteiger partial charge on any atom is -0.469 e. The van der Waals surface area contributed by atoms with Crippen LogP contribution in [0, 0.1) is 0 Å². The van der Waals surface area contributed by atoms with Crippen LogP contribution in [-0.4, -0.2) is 26.8 Å². The van der Waals surface area contributed by atoms with Crippen LogP contribution in [0.4, 0.5) is 0 Å². The van der Waals surface area contributed by atoms with E-state index in [0.29, 0.717) is 6.42 Å². The normalized spacial score (nSPS) is 12.8. The van der Waals surface area contributed by atoms with Gasteiger partial charge >= 0.3 is 0 Å². The Morgan fingerprint density at radius 3 is 2.89 bits per heavy atom. The number of aryl methyl sites for hydroxylation is 2. The zero-order valence-electron chi connectivity index (χ0n) is 11.1. The molecule has 2 aromatic rings. The van der Waals surface area contributed by atoms with E-state index in [0.717, 1.165) is 24.6 Å². The molecular formula is C12H19N5O. The van der Waals surface area contributed by atoms with Crippen molar-refractivity contribution in [2.75, 3.05) is 6.54 Å². The Bertz CT molecular complexity index is 490. The highest BCUT2D eigenvalue weighted by Gasteiger charge is 2.18. The quantitative estimate of drug-likeness (QED) is 0.834. The minimum atomic E-state index is 0.174. The highest BCUT2D eigenvalue weighted by Crippen LogP contribution is 2.22. The van der Waals surface area contributed by atoms with Gasteiger partial charge in [-0.1, -0.05) is 13.8 Å². The Labute approximate surface area is 106 Å². The van der Waals surface area contributed by atoms with Crippen LogP contribution in [0.25, 0.3) is 0 Å². The number of likely N-dealkylation sites (N-methyl/N-ethyl adjacent to an activating group) is 1. The minimum absolute atomic E-state index is 0.174. The number of rotatable bonds is 6. The molecule has 0 aliphatic carbocycles. The first kappa shape index (κ1) is 12.8. The van der Waals surface area contributed by atoms with Crippen molar-refractivity contribution in [3.8, 4) is 0 Å². The third kappa shape index (κ3) is 2.76. The fraction of sp³-hybridized carbons (Fsp3) is 0.583. The van der Waals surface area contributed by atoms with E-state index in [4.69, 9.17) is 4.42 Å². The Morgan fingerprint density at radius 1 is 1.44 bits per heavy atom. The van der Waals surface area contributed by atoms with Crippen molar-refractivity contribution < 1.29 is 4.42 Å². The van der Waals surface area contributed by atoms with E-state index in [9.17, 15) is 0 Å². The van der Waals surface area contributed by atoms with E-state index in [1.54, 1.807) is 13.3 Å². The molecule has 18 heavy (non-hydrogen) atoms. The van der Waals surface area contributed by atoms with Crippen molar-refractivity contribution >= 4 is 0 Å². The number of aromatic nitrogens is 4. The highest BCUT2D eigenvalue weighted by molar-refractivity contribution is 5.22. The lowest BCUT2D eigenvalue weighted by Gasteiger charge is -2.15. The molecule has 0 aromatic carbocycles. The van der Waals surface area contributed by atoms with E-state index in [-0.39, 0.29) is 6.04 Å². The van der Waals surface area contributed by atoms with Gasteiger partial charge in [0.25, 0.3) is 0 Å². The highest BCUT2D eigenvalue weighted by atomic mass is 16.3. The molecule has 0 saturated carbocycles. The first-order valence-electron chi connectivity index (χ1n) is 6.27. The van der Waals surface area contributed by atoms with E-state index in [2.05, 4.69) is 34.6 Å². The van der Waals surface area contributed by atoms with Crippen molar-refractivity contribution in [1.29, 1.82) is 0 Å². The maximum Gasteiger partial charge on any atom is 0.176 e. The maximum absolute atomic E-state index is 5.48. The first-order valence-corrected chi connectivity index (χ1v) is 6.27. The Hall–Kier alpha value is -1.69. The van der Waals surface area contributed by atoms with Crippen molar-refractivity contribution in [1.82, 2.24) is 25.5 Å². The Kier molecular flexibility index (Phi) is 4.09. The standard InChI is InChI=1S/C12H19N5O/c1-4-11-9(6-7-18-11)10(13-5-2)8-12-14-16-17(3)15-12/h6-7,10,13H,4-5,8H2,1-3H3. The largest absolute Gasteiger partial charge is 0.469 e. The van der Waals surface area contributed by atoms with Gasteiger partial charge in [-0.05, 0) is 17.8 Å². The average Bonchev–Trinajstić information content (AvgIpc) is 2.97. The Morgan fingerprint density at radius 2 is 2.28 bits per heavy atom. The number of furan rings is 1. The van der Waals surface area contributed by atoms with Crippen LogP contribution >= 0.6 is 0 Å². The van der Waals surface area contributed by atoms with Crippen LogP contribution in [0.1, 0.15) is 37.0 Å². The summed E-state index contributed by atoms with van der Waals surface area (Å²) in [6, 6.07) is 2.19. The number of tetrazole rings is 1. The molecule has 0 saturated heterocycles. The van der Waals surface area contributed by atoms with Gasteiger partial charge in [0.1, 0.15) is 5.76 Å². The molecule has 0 aliphatic rings. The van der Waals surface area contributed by atoms with Gasteiger partial charge in [0.2, 0.25) is 0 Å². The van der Waals surface area contributed by atoms with Crippen LogP contribution in [-0.2, 0) is 19.9 Å². The van der Waals surface area contributed by atoms with E-state index < -0.39 is 0 Å². The average molecular weight is 249 g/mol. The fourth-order valence-electron chi connectivity index (χ4n) is 2.07. The fourth-order valence-corrected chi connectivity index (χ4v) is 2.07. The van der Waals surface area contributed by atoms with Gasteiger partial charge in [0.15, 0.2) is 5.82 Å². The van der Waals surface area contributed by atoms with Crippen molar-refractivity contribution in [2.24, 2.45) is 7.05 Å². The molecule has 1 unspecified atom stereocenters. The smallest absolute Gasteiger partial charge is 0.176 e. The summed E-state index contributed by atoms with van der Waals surface area (Å²) in [5, 5.41) is 15.6. The second-order valence-corrected chi connectivity index (χ2v) is 4.16. The molecule has 6 heteroatoms. The molecule has 2 rings (SSSR count). The molecule has 0 aliphatic heterocycles. The topological polar surface area (TPSA) is 68.8 Å². The second-order valence-electron chi connectivity index (χ2n) is 4.16. The summed E-state index contributed by atoms with van der Waals surface area (Å²) in [5.41, 5.74) is 1.19. The van der Waals surface area contributed by atoms with Gasteiger partial charge in [0.05, 0.1) is 13.3 Å². The lowest BCUT2D eigenvalue weighted by atomic mass is 10.0. The lowest BCUT2D eigenvalue weighted by molar-refractivity contribution is 0.483. The summed E-state index contributed by atoms with van der Waals surface area (Å²) >= 11 is 0. The number of nitrogens with zero attached hydrogens (tertiary/aromatic N) is 4. The molecule has 0 spiro atoms. The van der Waals surface area contributed by atoms with Gasteiger partial charge in [-0.15, -0.1) is 10.2 Å².